The molecule has 0 aromatic carbocycles. The van der Waals surface area contributed by atoms with E-state index in [9.17, 15) is 9.00 Å². The van der Waals surface area contributed by atoms with Gasteiger partial charge < -0.3 is 10.1 Å². The van der Waals surface area contributed by atoms with Crippen LogP contribution in [0.4, 0.5) is 0 Å². The van der Waals surface area contributed by atoms with Crippen molar-refractivity contribution in [1.82, 2.24) is 5.32 Å². The first-order chi connectivity index (χ1) is 6.63. The molecule has 1 aliphatic heterocycles. The summed E-state index contributed by atoms with van der Waals surface area (Å²) in [6.07, 6.45) is 2.80. The summed E-state index contributed by atoms with van der Waals surface area (Å²) >= 11 is 0. The zero-order valence-corrected chi connectivity index (χ0v) is 9.49. The number of esters is 1. The molecule has 4 nitrogen and oxygen atoms in total. The Morgan fingerprint density at radius 1 is 1.50 bits per heavy atom. The molecule has 0 spiro atoms. The Morgan fingerprint density at radius 2 is 2.07 bits per heavy atom. The first-order valence-corrected chi connectivity index (χ1v) is 6.41. The van der Waals surface area contributed by atoms with Crippen LogP contribution in [0.2, 0.25) is 0 Å². The third kappa shape index (κ3) is 2.15. The molecule has 1 heterocycles. The van der Waals surface area contributed by atoms with E-state index in [2.05, 4.69) is 5.32 Å². The highest BCUT2D eigenvalue weighted by Gasteiger charge is 2.44. The summed E-state index contributed by atoms with van der Waals surface area (Å²) in [4.78, 5) is 11.7. The van der Waals surface area contributed by atoms with Gasteiger partial charge in [-0.25, -0.2) is 0 Å². The van der Waals surface area contributed by atoms with E-state index in [1.807, 2.05) is 0 Å². The standard InChI is InChI=1S/C9H17NO3S/c1-3-13-8(11)9(14(2)12)4-6-10-7-5-9/h10H,3-7H2,1-2H3/t14-/m0/s1. The number of hydrogen-bond donors (Lipinski definition) is 1. The Morgan fingerprint density at radius 3 is 2.50 bits per heavy atom. The third-order valence-electron chi connectivity index (χ3n) is 2.61. The minimum absolute atomic E-state index is 0.303. The van der Waals surface area contributed by atoms with Crippen molar-refractivity contribution in [2.75, 3.05) is 26.0 Å². The molecule has 0 unspecified atom stereocenters. The highest BCUT2D eigenvalue weighted by Crippen LogP contribution is 2.26. The average molecular weight is 219 g/mol. The predicted octanol–water partition coefficient (Wildman–Crippen LogP) is 0.0502. The van der Waals surface area contributed by atoms with E-state index in [-0.39, 0.29) is 5.97 Å². The molecule has 1 atom stereocenters. The van der Waals surface area contributed by atoms with Gasteiger partial charge in [0.1, 0.15) is 4.75 Å². The van der Waals surface area contributed by atoms with Gasteiger partial charge in [-0.3, -0.25) is 9.00 Å². The minimum Gasteiger partial charge on any atom is -0.465 e. The van der Waals surface area contributed by atoms with E-state index in [1.165, 1.54) is 0 Å². The molecule has 1 aliphatic rings. The number of hydrogen-bond acceptors (Lipinski definition) is 4. The van der Waals surface area contributed by atoms with E-state index in [0.29, 0.717) is 19.4 Å². The summed E-state index contributed by atoms with van der Waals surface area (Å²) in [5.41, 5.74) is 0. The molecule has 0 bridgehead atoms. The SMILES string of the molecule is CCOC(=O)C1([S@](C)=O)CCNCC1. The Bertz CT molecular complexity index is 236. The number of ether oxygens (including phenoxy) is 1. The van der Waals surface area contributed by atoms with Crippen LogP contribution in [-0.4, -0.2) is 40.9 Å². The quantitative estimate of drug-likeness (QED) is 0.681. The lowest BCUT2D eigenvalue weighted by Crippen LogP contribution is -2.51. The van der Waals surface area contributed by atoms with Gasteiger partial charge in [0, 0.05) is 17.1 Å². The molecule has 1 fully saturated rings. The normalized spacial score (nSPS) is 22.7. The van der Waals surface area contributed by atoms with Crippen LogP contribution in [0, 0.1) is 0 Å². The van der Waals surface area contributed by atoms with Crippen LogP contribution in [0.25, 0.3) is 0 Å². The summed E-state index contributed by atoms with van der Waals surface area (Å²) in [5.74, 6) is -0.303. The fourth-order valence-electron chi connectivity index (χ4n) is 1.70. The fraction of sp³-hybridized carbons (Fsp3) is 0.889. The van der Waals surface area contributed by atoms with Gasteiger partial charge in [0.2, 0.25) is 0 Å². The molecule has 0 aliphatic carbocycles. The summed E-state index contributed by atoms with van der Waals surface area (Å²) < 4.78 is 15.8. The Balaban J connectivity index is 2.80. The zero-order valence-electron chi connectivity index (χ0n) is 8.67. The number of nitrogens with one attached hydrogen (secondary N) is 1. The summed E-state index contributed by atoms with van der Waals surface area (Å²) in [6, 6.07) is 0. The maximum atomic E-state index is 11.7. The van der Waals surface area contributed by atoms with Crippen molar-refractivity contribution in [1.29, 1.82) is 0 Å². The largest absolute Gasteiger partial charge is 0.465 e. The highest BCUT2D eigenvalue weighted by atomic mass is 32.2. The molecule has 82 valence electrons. The Kier molecular flexibility index (Phi) is 4.07. The van der Waals surface area contributed by atoms with Crippen molar-refractivity contribution in [2.45, 2.75) is 24.5 Å². The molecule has 1 N–H and O–H groups in total. The van der Waals surface area contributed by atoms with Crippen LogP contribution in [0.1, 0.15) is 19.8 Å². The van der Waals surface area contributed by atoms with Gasteiger partial charge >= 0.3 is 5.97 Å². The van der Waals surface area contributed by atoms with Crippen LogP contribution in [0.15, 0.2) is 0 Å². The molecule has 5 heteroatoms. The van der Waals surface area contributed by atoms with Gasteiger partial charge in [-0.15, -0.1) is 0 Å². The number of carbonyl (C=O) groups excluding carboxylic acids is 1. The number of carbonyl (C=O) groups is 1. The van der Waals surface area contributed by atoms with Crippen LogP contribution in [0.3, 0.4) is 0 Å². The van der Waals surface area contributed by atoms with Gasteiger partial charge in [0.05, 0.1) is 6.61 Å². The molecule has 1 rings (SSSR count). The second-order valence-electron chi connectivity index (χ2n) is 3.42. The minimum atomic E-state index is -1.16. The van der Waals surface area contributed by atoms with Crippen LogP contribution in [-0.2, 0) is 20.3 Å². The zero-order chi connectivity index (χ0) is 10.6. The smallest absolute Gasteiger partial charge is 0.324 e. The monoisotopic (exact) mass is 219 g/mol. The molecule has 14 heavy (non-hydrogen) atoms. The van der Waals surface area contributed by atoms with Crippen molar-refractivity contribution < 1.29 is 13.7 Å². The van der Waals surface area contributed by atoms with Crippen molar-refractivity contribution in [3.05, 3.63) is 0 Å². The van der Waals surface area contributed by atoms with Gasteiger partial charge in [-0.1, -0.05) is 0 Å². The van der Waals surface area contributed by atoms with Crippen LogP contribution in [0.5, 0.6) is 0 Å². The van der Waals surface area contributed by atoms with Gasteiger partial charge in [0.15, 0.2) is 0 Å². The van der Waals surface area contributed by atoms with E-state index in [0.717, 1.165) is 13.1 Å². The molecule has 1 saturated heterocycles. The lowest BCUT2D eigenvalue weighted by atomic mass is 9.97. The number of rotatable bonds is 3. The lowest BCUT2D eigenvalue weighted by Gasteiger charge is -2.32. The first kappa shape index (κ1) is 11.7. The Labute approximate surface area is 86.9 Å². The fourth-order valence-corrected chi connectivity index (χ4v) is 2.77. The van der Waals surface area contributed by atoms with E-state index >= 15 is 0 Å². The molecule has 0 amide bonds. The highest BCUT2D eigenvalue weighted by molar-refractivity contribution is 7.86. The van der Waals surface area contributed by atoms with Gasteiger partial charge in [0.25, 0.3) is 0 Å². The van der Waals surface area contributed by atoms with E-state index in [4.69, 9.17) is 4.74 Å². The van der Waals surface area contributed by atoms with Gasteiger partial charge in [-0.05, 0) is 32.9 Å². The molecule has 0 radical (unpaired) electrons. The average Bonchev–Trinajstić information content (AvgIpc) is 2.19. The van der Waals surface area contributed by atoms with Crippen molar-refractivity contribution >= 4 is 16.8 Å². The molecular formula is C9H17NO3S. The second kappa shape index (κ2) is 4.89. The second-order valence-corrected chi connectivity index (χ2v) is 5.11. The summed E-state index contributed by atoms with van der Waals surface area (Å²) in [6.45, 7) is 3.59. The van der Waals surface area contributed by atoms with Crippen molar-refractivity contribution in [3.63, 3.8) is 0 Å². The van der Waals surface area contributed by atoms with E-state index in [1.54, 1.807) is 13.2 Å². The lowest BCUT2D eigenvalue weighted by molar-refractivity contribution is -0.146. The third-order valence-corrected chi connectivity index (χ3v) is 4.28. The summed E-state index contributed by atoms with van der Waals surface area (Å²) in [5, 5.41) is 3.15. The van der Waals surface area contributed by atoms with Crippen LogP contribution >= 0.6 is 0 Å². The maximum Gasteiger partial charge on any atom is 0.324 e. The van der Waals surface area contributed by atoms with Crippen molar-refractivity contribution in [3.8, 4) is 0 Å². The Hall–Kier alpha value is -0.420. The van der Waals surface area contributed by atoms with Crippen LogP contribution < -0.4 is 5.32 Å². The van der Waals surface area contributed by atoms with Crippen molar-refractivity contribution in [2.24, 2.45) is 0 Å². The topological polar surface area (TPSA) is 55.4 Å². The molecular weight excluding hydrogens is 202 g/mol. The predicted molar refractivity (Wildman–Crippen MR) is 55.5 cm³/mol. The molecule has 0 aromatic rings. The number of piperidine rings is 1. The van der Waals surface area contributed by atoms with Gasteiger partial charge in [-0.2, -0.15) is 0 Å². The van der Waals surface area contributed by atoms with E-state index < -0.39 is 15.5 Å². The first-order valence-electron chi connectivity index (χ1n) is 4.85. The molecule has 0 saturated carbocycles. The summed E-state index contributed by atoms with van der Waals surface area (Å²) in [7, 11) is -1.16. The maximum absolute atomic E-state index is 11.7. The molecule has 0 aromatic heterocycles.